The molecule has 1 aliphatic rings. The largest absolute Gasteiger partial charge is 0.378 e. The summed E-state index contributed by atoms with van der Waals surface area (Å²) in [5, 5.41) is 6.37. The van der Waals surface area contributed by atoms with Crippen molar-refractivity contribution in [1.82, 2.24) is 14.9 Å². The molecular formula is C21H24N4O3S. The fourth-order valence-corrected chi connectivity index (χ4v) is 4.40. The predicted molar refractivity (Wildman–Crippen MR) is 114 cm³/mol. The lowest BCUT2D eigenvalue weighted by molar-refractivity contribution is -0.135. The number of nitrogens with one attached hydrogen (secondary N) is 1. The SMILES string of the molecule is COCc1nc(NC(C)C(=O)N2CCOCC2)c2c(-c3ccccc3)csc2n1. The first-order valence-electron chi connectivity index (χ1n) is 9.63. The Kier molecular flexibility index (Phi) is 6.03. The van der Waals surface area contributed by atoms with Crippen LogP contribution < -0.4 is 5.32 Å². The molecule has 4 rings (SSSR count). The van der Waals surface area contributed by atoms with E-state index in [9.17, 15) is 4.79 Å². The molecule has 1 saturated heterocycles. The summed E-state index contributed by atoms with van der Waals surface area (Å²) in [6, 6.07) is 9.74. The second kappa shape index (κ2) is 8.86. The van der Waals surface area contributed by atoms with Crippen molar-refractivity contribution in [3.63, 3.8) is 0 Å². The Morgan fingerprint density at radius 3 is 2.76 bits per heavy atom. The van der Waals surface area contributed by atoms with Crippen LogP contribution in [-0.2, 0) is 20.9 Å². The fourth-order valence-electron chi connectivity index (χ4n) is 3.44. The van der Waals surface area contributed by atoms with Gasteiger partial charge in [-0.25, -0.2) is 9.97 Å². The maximum atomic E-state index is 12.9. The van der Waals surface area contributed by atoms with Crippen molar-refractivity contribution in [1.29, 1.82) is 0 Å². The van der Waals surface area contributed by atoms with Crippen LogP contribution in [0.25, 0.3) is 21.3 Å². The van der Waals surface area contributed by atoms with E-state index >= 15 is 0 Å². The zero-order chi connectivity index (χ0) is 20.2. The maximum absolute atomic E-state index is 12.9. The maximum Gasteiger partial charge on any atom is 0.244 e. The van der Waals surface area contributed by atoms with Crippen molar-refractivity contribution in [2.24, 2.45) is 0 Å². The number of benzene rings is 1. The van der Waals surface area contributed by atoms with Gasteiger partial charge in [0, 0.05) is 31.1 Å². The number of carbonyl (C=O) groups excluding carboxylic acids is 1. The van der Waals surface area contributed by atoms with E-state index in [0.717, 1.165) is 21.3 Å². The summed E-state index contributed by atoms with van der Waals surface area (Å²) in [5.41, 5.74) is 2.15. The average Bonchev–Trinajstić information content (AvgIpc) is 3.19. The average molecular weight is 413 g/mol. The van der Waals surface area contributed by atoms with E-state index in [4.69, 9.17) is 9.47 Å². The number of hydrogen-bond acceptors (Lipinski definition) is 7. The number of hydrogen-bond donors (Lipinski definition) is 1. The molecular weight excluding hydrogens is 388 g/mol. The van der Waals surface area contributed by atoms with Gasteiger partial charge in [-0.1, -0.05) is 30.3 Å². The molecule has 0 saturated carbocycles. The van der Waals surface area contributed by atoms with Crippen LogP contribution in [0.4, 0.5) is 5.82 Å². The van der Waals surface area contributed by atoms with Crippen molar-refractivity contribution in [2.45, 2.75) is 19.6 Å². The van der Waals surface area contributed by atoms with Crippen LogP contribution in [-0.4, -0.2) is 60.2 Å². The normalized spacial score (nSPS) is 15.4. The molecule has 1 unspecified atom stereocenters. The quantitative estimate of drug-likeness (QED) is 0.670. The van der Waals surface area contributed by atoms with Crippen molar-refractivity contribution in [3.8, 4) is 11.1 Å². The summed E-state index contributed by atoms with van der Waals surface area (Å²) >= 11 is 1.57. The van der Waals surface area contributed by atoms with E-state index < -0.39 is 6.04 Å². The Balaban J connectivity index is 1.70. The highest BCUT2D eigenvalue weighted by Crippen LogP contribution is 2.37. The topological polar surface area (TPSA) is 76.6 Å². The van der Waals surface area contributed by atoms with Crippen LogP contribution in [0, 0.1) is 0 Å². The number of ether oxygens (including phenoxy) is 2. The summed E-state index contributed by atoms with van der Waals surface area (Å²) in [7, 11) is 1.62. The van der Waals surface area contributed by atoms with Crippen LogP contribution >= 0.6 is 11.3 Å². The van der Waals surface area contributed by atoms with Crippen LogP contribution in [0.1, 0.15) is 12.7 Å². The zero-order valence-corrected chi connectivity index (χ0v) is 17.4. The van der Waals surface area contributed by atoms with E-state index in [-0.39, 0.29) is 5.91 Å². The summed E-state index contributed by atoms with van der Waals surface area (Å²) < 4.78 is 10.6. The number of anilines is 1. The Morgan fingerprint density at radius 2 is 2.03 bits per heavy atom. The molecule has 0 aliphatic carbocycles. The molecule has 0 bridgehead atoms. The monoisotopic (exact) mass is 412 g/mol. The van der Waals surface area contributed by atoms with Gasteiger partial charge in [-0.2, -0.15) is 0 Å². The van der Waals surface area contributed by atoms with E-state index in [1.165, 1.54) is 0 Å². The molecule has 0 spiro atoms. The number of thiophene rings is 1. The number of morpholine rings is 1. The van der Waals surface area contributed by atoms with Crippen LogP contribution in [0.2, 0.25) is 0 Å². The molecule has 1 atom stereocenters. The molecule has 3 heterocycles. The third-order valence-electron chi connectivity index (χ3n) is 4.88. The van der Waals surface area contributed by atoms with Crippen molar-refractivity contribution < 1.29 is 14.3 Å². The minimum atomic E-state index is -0.412. The Bertz CT molecular complexity index is 986. The van der Waals surface area contributed by atoms with Crippen molar-refractivity contribution in [3.05, 3.63) is 41.5 Å². The smallest absolute Gasteiger partial charge is 0.244 e. The molecule has 29 heavy (non-hydrogen) atoms. The van der Waals surface area contributed by atoms with Gasteiger partial charge in [0.1, 0.15) is 23.3 Å². The summed E-state index contributed by atoms with van der Waals surface area (Å²) in [5.74, 6) is 1.30. The predicted octanol–water partition coefficient (Wildman–Crippen LogP) is 3.16. The van der Waals surface area contributed by atoms with E-state index in [1.807, 2.05) is 30.0 Å². The number of rotatable bonds is 6. The van der Waals surface area contributed by atoms with Crippen LogP contribution in [0.3, 0.4) is 0 Å². The summed E-state index contributed by atoms with van der Waals surface area (Å²) in [6.07, 6.45) is 0. The van der Waals surface area contributed by atoms with Gasteiger partial charge in [-0.15, -0.1) is 11.3 Å². The lowest BCUT2D eigenvalue weighted by atomic mass is 10.1. The highest BCUT2D eigenvalue weighted by Gasteiger charge is 2.24. The highest BCUT2D eigenvalue weighted by atomic mass is 32.1. The van der Waals surface area contributed by atoms with Crippen molar-refractivity contribution in [2.75, 3.05) is 38.7 Å². The Morgan fingerprint density at radius 1 is 1.28 bits per heavy atom. The molecule has 2 aromatic heterocycles. The molecule has 1 amide bonds. The van der Waals surface area contributed by atoms with Gasteiger partial charge < -0.3 is 19.7 Å². The van der Waals surface area contributed by atoms with Crippen LogP contribution in [0.15, 0.2) is 35.7 Å². The summed E-state index contributed by atoms with van der Waals surface area (Å²) in [4.78, 5) is 24.9. The molecule has 1 aromatic carbocycles. The third kappa shape index (κ3) is 4.24. The minimum absolute atomic E-state index is 0.0462. The molecule has 8 heteroatoms. The third-order valence-corrected chi connectivity index (χ3v) is 5.76. The number of amides is 1. The van der Waals surface area contributed by atoms with E-state index in [2.05, 4.69) is 32.8 Å². The van der Waals surface area contributed by atoms with Gasteiger partial charge in [-0.3, -0.25) is 4.79 Å². The van der Waals surface area contributed by atoms with Crippen molar-refractivity contribution >= 4 is 33.3 Å². The minimum Gasteiger partial charge on any atom is -0.378 e. The molecule has 1 aliphatic heterocycles. The second-order valence-electron chi connectivity index (χ2n) is 6.92. The first-order valence-corrected chi connectivity index (χ1v) is 10.5. The summed E-state index contributed by atoms with van der Waals surface area (Å²) in [6.45, 7) is 4.58. The number of nitrogens with zero attached hydrogens (tertiary/aromatic N) is 3. The van der Waals surface area contributed by atoms with Gasteiger partial charge in [-0.05, 0) is 12.5 Å². The zero-order valence-electron chi connectivity index (χ0n) is 16.6. The molecule has 7 nitrogen and oxygen atoms in total. The van der Waals surface area contributed by atoms with E-state index in [0.29, 0.717) is 44.6 Å². The Hall–Kier alpha value is -2.55. The molecule has 152 valence electrons. The standard InChI is InChI=1S/C21H24N4O3S/c1-14(21(26)25-8-10-28-11-9-25)22-19-18-16(15-6-4-3-5-7-15)13-29-20(18)24-17(23-19)12-27-2/h3-7,13-14H,8-12H2,1-2H3,(H,22,23,24). The van der Waals surface area contributed by atoms with Gasteiger partial charge in [0.05, 0.1) is 18.6 Å². The molecule has 0 radical (unpaired) electrons. The lowest BCUT2D eigenvalue weighted by Gasteiger charge is -2.29. The second-order valence-corrected chi connectivity index (χ2v) is 7.78. The van der Waals surface area contributed by atoms with E-state index in [1.54, 1.807) is 18.4 Å². The number of aromatic nitrogens is 2. The number of fused-ring (bicyclic) bond motifs is 1. The first-order chi connectivity index (χ1) is 14.2. The van der Waals surface area contributed by atoms with Gasteiger partial charge in [0.2, 0.25) is 5.91 Å². The first kappa shape index (κ1) is 19.8. The molecule has 1 fully saturated rings. The lowest BCUT2D eigenvalue weighted by Crippen LogP contribution is -2.47. The fraction of sp³-hybridized carbons (Fsp3) is 0.381. The van der Waals surface area contributed by atoms with Crippen LogP contribution in [0.5, 0.6) is 0 Å². The van der Waals surface area contributed by atoms with Gasteiger partial charge >= 0.3 is 0 Å². The number of carbonyl (C=O) groups is 1. The highest BCUT2D eigenvalue weighted by molar-refractivity contribution is 7.17. The molecule has 3 aromatic rings. The molecule has 1 N–H and O–H groups in total. The van der Waals surface area contributed by atoms with Gasteiger partial charge in [0.15, 0.2) is 5.82 Å². The Labute approximate surface area is 173 Å². The van der Waals surface area contributed by atoms with Gasteiger partial charge in [0.25, 0.3) is 0 Å². The number of methoxy groups -OCH3 is 1.